The predicted molar refractivity (Wildman–Crippen MR) is 57.9 cm³/mol. The van der Waals surface area contributed by atoms with Gasteiger partial charge in [0.1, 0.15) is 3.70 Å². The van der Waals surface area contributed by atoms with Gasteiger partial charge in [0, 0.05) is 6.20 Å². The summed E-state index contributed by atoms with van der Waals surface area (Å²) < 4.78 is 5.53. The highest BCUT2D eigenvalue weighted by atomic mass is 127. The van der Waals surface area contributed by atoms with Gasteiger partial charge in [0.15, 0.2) is 0 Å². The Morgan fingerprint density at radius 2 is 2.46 bits per heavy atom. The summed E-state index contributed by atoms with van der Waals surface area (Å²) in [6.45, 7) is 2.08. The number of hydrogen-bond donors (Lipinski definition) is 0. The number of nitrogens with zero attached hydrogens (tertiary/aromatic N) is 1. The Morgan fingerprint density at radius 1 is 1.77 bits per heavy atom. The second-order valence-electron chi connectivity index (χ2n) is 2.21. The first-order chi connectivity index (χ1) is 6.15. The van der Waals surface area contributed by atoms with Crippen LogP contribution in [0, 0.1) is 3.70 Å². The highest BCUT2D eigenvalue weighted by Gasteiger charge is 2.11. The molecule has 0 unspecified atom stereocenters. The average Bonchev–Trinajstić information content (AvgIpc) is 2.04. The van der Waals surface area contributed by atoms with Crippen LogP contribution in [0.5, 0.6) is 0 Å². The minimum absolute atomic E-state index is 0.309. The van der Waals surface area contributed by atoms with E-state index in [9.17, 15) is 4.79 Å². The van der Waals surface area contributed by atoms with Crippen molar-refractivity contribution in [2.45, 2.75) is 6.92 Å². The Morgan fingerprint density at radius 3 is 3.00 bits per heavy atom. The van der Waals surface area contributed by atoms with Gasteiger partial charge in [0.25, 0.3) is 0 Å². The molecule has 0 atom stereocenters. The zero-order valence-corrected chi connectivity index (χ0v) is 9.79. The van der Waals surface area contributed by atoms with Crippen LogP contribution in [0.15, 0.2) is 12.3 Å². The molecule has 3 nitrogen and oxygen atoms in total. The number of ether oxygens (including phenoxy) is 1. The third kappa shape index (κ3) is 2.80. The smallest absolute Gasteiger partial charge is 0.341 e. The van der Waals surface area contributed by atoms with Gasteiger partial charge in [0.2, 0.25) is 0 Å². The van der Waals surface area contributed by atoms with Crippen molar-refractivity contribution in [2.24, 2.45) is 0 Å². The first-order valence-corrected chi connectivity index (χ1v) is 5.09. The molecule has 1 heterocycles. The summed E-state index contributed by atoms with van der Waals surface area (Å²) >= 11 is 7.83. The summed E-state index contributed by atoms with van der Waals surface area (Å²) in [7, 11) is 0. The molecule has 5 heteroatoms. The number of esters is 1. The molecule has 0 saturated heterocycles. The minimum atomic E-state index is -0.434. The van der Waals surface area contributed by atoms with Gasteiger partial charge < -0.3 is 4.74 Å². The van der Waals surface area contributed by atoms with Crippen molar-refractivity contribution in [1.29, 1.82) is 0 Å². The Kier molecular flexibility index (Phi) is 3.92. The number of aromatic nitrogens is 1. The predicted octanol–water partition coefficient (Wildman–Crippen LogP) is 2.52. The largest absolute Gasteiger partial charge is 0.462 e. The van der Waals surface area contributed by atoms with Crippen molar-refractivity contribution >= 4 is 40.2 Å². The van der Waals surface area contributed by atoms with Crippen LogP contribution in [0.25, 0.3) is 0 Å². The van der Waals surface area contributed by atoms with Gasteiger partial charge in [-0.2, -0.15) is 0 Å². The molecule has 0 bridgehead atoms. The molecule has 70 valence electrons. The quantitative estimate of drug-likeness (QED) is 0.479. The lowest BCUT2D eigenvalue weighted by Crippen LogP contribution is -2.06. The van der Waals surface area contributed by atoms with Crippen LogP contribution in [0.3, 0.4) is 0 Å². The van der Waals surface area contributed by atoms with E-state index in [1.54, 1.807) is 13.0 Å². The molecule has 0 N–H and O–H groups in total. The van der Waals surface area contributed by atoms with Gasteiger partial charge in [-0.1, -0.05) is 11.6 Å². The van der Waals surface area contributed by atoms with E-state index in [0.29, 0.717) is 17.2 Å². The van der Waals surface area contributed by atoms with Crippen molar-refractivity contribution in [1.82, 2.24) is 4.98 Å². The van der Waals surface area contributed by atoms with Crippen LogP contribution in [0.1, 0.15) is 17.3 Å². The molecule has 1 rings (SSSR count). The number of hydrogen-bond acceptors (Lipinski definition) is 3. The van der Waals surface area contributed by atoms with Gasteiger partial charge >= 0.3 is 5.97 Å². The Balaban J connectivity index is 2.95. The molecule has 0 aliphatic carbocycles. The van der Waals surface area contributed by atoms with E-state index in [4.69, 9.17) is 16.3 Å². The first kappa shape index (κ1) is 10.7. The second kappa shape index (κ2) is 4.76. The Labute approximate surface area is 94.6 Å². The Hall–Kier alpha value is -0.360. The van der Waals surface area contributed by atoms with Crippen LogP contribution in [0.2, 0.25) is 5.02 Å². The lowest BCUT2D eigenvalue weighted by Gasteiger charge is -2.02. The van der Waals surface area contributed by atoms with Crippen molar-refractivity contribution in [3.8, 4) is 0 Å². The van der Waals surface area contributed by atoms with E-state index >= 15 is 0 Å². The molecule has 0 aromatic carbocycles. The lowest BCUT2D eigenvalue weighted by molar-refractivity contribution is 0.0526. The maximum absolute atomic E-state index is 11.2. The molecule has 0 saturated carbocycles. The fourth-order valence-electron chi connectivity index (χ4n) is 0.767. The highest BCUT2D eigenvalue weighted by Crippen LogP contribution is 2.17. The molecule has 0 amide bonds. The van der Waals surface area contributed by atoms with Crippen LogP contribution in [0.4, 0.5) is 0 Å². The SMILES string of the molecule is CCOC(=O)c1cnc(I)cc1Cl. The van der Waals surface area contributed by atoms with Gasteiger partial charge in [-0.25, -0.2) is 9.78 Å². The van der Waals surface area contributed by atoms with Crippen molar-refractivity contribution in [3.05, 3.63) is 26.5 Å². The van der Waals surface area contributed by atoms with Crippen LogP contribution in [-0.2, 0) is 4.74 Å². The molecular formula is C8H7ClINO2. The van der Waals surface area contributed by atoms with E-state index in [1.165, 1.54) is 6.20 Å². The summed E-state index contributed by atoms with van der Waals surface area (Å²) in [5.41, 5.74) is 0.309. The number of rotatable bonds is 2. The van der Waals surface area contributed by atoms with E-state index < -0.39 is 5.97 Å². The highest BCUT2D eigenvalue weighted by molar-refractivity contribution is 14.1. The molecule has 13 heavy (non-hydrogen) atoms. The molecule has 1 aromatic heterocycles. The van der Waals surface area contributed by atoms with E-state index in [1.807, 2.05) is 22.6 Å². The molecule has 0 spiro atoms. The van der Waals surface area contributed by atoms with Crippen molar-refractivity contribution < 1.29 is 9.53 Å². The maximum atomic E-state index is 11.2. The zero-order valence-electron chi connectivity index (χ0n) is 6.88. The molecule has 0 aliphatic rings. The minimum Gasteiger partial charge on any atom is -0.462 e. The standard InChI is InChI=1S/C8H7ClINO2/c1-2-13-8(12)5-4-11-7(10)3-6(5)9/h3-4H,2H2,1H3. The summed E-state index contributed by atoms with van der Waals surface area (Å²) in [4.78, 5) is 15.2. The van der Waals surface area contributed by atoms with E-state index in [0.717, 1.165) is 3.70 Å². The second-order valence-corrected chi connectivity index (χ2v) is 3.72. The van der Waals surface area contributed by atoms with Crippen molar-refractivity contribution in [2.75, 3.05) is 6.61 Å². The zero-order chi connectivity index (χ0) is 9.84. The fourth-order valence-corrected chi connectivity index (χ4v) is 1.63. The van der Waals surface area contributed by atoms with Gasteiger partial charge in [-0.15, -0.1) is 0 Å². The fraction of sp³-hybridized carbons (Fsp3) is 0.250. The molecule has 0 radical (unpaired) electrons. The Bertz CT molecular complexity index is 330. The van der Waals surface area contributed by atoms with Gasteiger partial charge in [-0.05, 0) is 35.6 Å². The summed E-state index contributed by atoms with van der Waals surface area (Å²) in [5, 5.41) is 0.373. The van der Waals surface area contributed by atoms with Gasteiger partial charge in [-0.3, -0.25) is 0 Å². The number of carbonyl (C=O) groups is 1. The average molecular weight is 312 g/mol. The number of pyridine rings is 1. The van der Waals surface area contributed by atoms with E-state index in [2.05, 4.69) is 4.98 Å². The normalized spacial score (nSPS) is 9.77. The summed E-state index contributed by atoms with van der Waals surface area (Å²) in [5.74, 6) is -0.434. The van der Waals surface area contributed by atoms with Crippen LogP contribution in [-0.4, -0.2) is 17.6 Å². The maximum Gasteiger partial charge on any atom is 0.341 e. The summed E-state index contributed by atoms with van der Waals surface area (Å²) in [6, 6.07) is 1.62. The first-order valence-electron chi connectivity index (χ1n) is 3.63. The molecule has 1 aromatic rings. The molecular weight excluding hydrogens is 304 g/mol. The van der Waals surface area contributed by atoms with Gasteiger partial charge in [0.05, 0.1) is 17.2 Å². The van der Waals surface area contributed by atoms with Crippen LogP contribution < -0.4 is 0 Å². The van der Waals surface area contributed by atoms with Crippen LogP contribution >= 0.6 is 34.2 Å². The lowest BCUT2D eigenvalue weighted by atomic mass is 10.3. The molecule has 0 fully saturated rings. The third-order valence-electron chi connectivity index (χ3n) is 1.32. The summed E-state index contributed by atoms with van der Waals surface area (Å²) in [6.07, 6.45) is 1.42. The number of carbonyl (C=O) groups excluding carboxylic acids is 1. The van der Waals surface area contributed by atoms with Crippen molar-refractivity contribution in [3.63, 3.8) is 0 Å². The monoisotopic (exact) mass is 311 g/mol. The molecule has 0 aliphatic heterocycles. The van der Waals surface area contributed by atoms with E-state index in [-0.39, 0.29) is 0 Å². The topological polar surface area (TPSA) is 39.2 Å². The third-order valence-corrected chi connectivity index (χ3v) is 2.22. The number of halogens is 2.